The lowest BCUT2D eigenvalue weighted by atomic mass is 9.86. The number of fused-ring (bicyclic) bond motifs is 1. The van der Waals surface area contributed by atoms with E-state index in [0.717, 1.165) is 16.0 Å². The molecule has 1 aliphatic rings. The Kier molecular flexibility index (Phi) is 3.67. The van der Waals surface area contributed by atoms with Crippen LogP contribution in [-0.2, 0) is 11.2 Å². The molecule has 110 valence electrons. The van der Waals surface area contributed by atoms with Crippen molar-refractivity contribution in [2.45, 2.75) is 32.5 Å². The van der Waals surface area contributed by atoms with Crippen LogP contribution in [0.15, 0.2) is 18.2 Å². The first-order valence-corrected chi connectivity index (χ1v) is 6.48. The minimum Gasteiger partial charge on any atom is -0.399 e. The van der Waals surface area contributed by atoms with Crippen molar-refractivity contribution in [2.75, 3.05) is 12.3 Å². The Labute approximate surface area is 115 Å². The van der Waals surface area contributed by atoms with Crippen molar-refractivity contribution in [3.8, 4) is 0 Å². The molecular weight excluding hydrogens is 269 g/mol. The highest BCUT2D eigenvalue weighted by atomic mass is 19.4. The number of nitrogens with zero attached hydrogens (tertiary/aromatic N) is 1. The van der Waals surface area contributed by atoms with Gasteiger partial charge in [0.15, 0.2) is 0 Å². The molecular formula is C14H17F3N2O. The fourth-order valence-corrected chi connectivity index (χ4v) is 2.77. The molecule has 0 fully saturated rings. The highest BCUT2D eigenvalue weighted by Gasteiger charge is 2.46. The van der Waals surface area contributed by atoms with Crippen molar-refractivity contribution in [2.24, 2.45) is 5.92 Å². The van der Waals surface area contributed by atoms with Gasteiger partial charge in [0.05, 0.1) is 6.04 Å². The molecule has 1 aliphatic heterocycles. The number of nitrogens with two attached hydrogens (primary N) is 1. The van der Waals surface area contributed by atoms with E-state index in [0.29, 0.717) is 12.1 Å². The van der Waals surface area contributed by atoms with Crippen LogP contribution in [0.4, 0.5) is 18.9 Å². The summed E-state index contributed by atoms with van der Waals surface area (Å²) in [5.41, 5.74) is 7.91. The summed E-state index contributed by atoms with van der Waals surface area (Å²) < 4.78 is 38.1. The molecule has 20 heavy (non-hydrogen) atoms. The van der Waals surface area contributed by atoms with Crippen LogP contribution >= 0.6 is 0 Å². The zero-order chi connectivity index (χ0) is 15.1. The highest BCUT2D eigenvalue weighted by Crippen LogP contribution is 2.38. The Bertz CT molecular complexity index is 526. The molecule has 0 radical (unpaired) electrons. The molecule has 6 heteroatoms. The minimum atomic E-state index is -4.84. The van der Waals surface area contributed by atoms with Crippen LogP contribution in [0.25, 0.3) is 0 Å². The molecule has 0 saturated heterocycles. The molecule has 3 nitrogen and oxygen atoms in total. The molecule has 1 unspecified atom stereocenters. The van der Waals surface area contributed by atoms with Crippen LogP contribution in [0.1, 0.15) is 31.0 Å². The van der Waals surface area contributed by atoms with E-state index >= 15 is 0 Å². The van der Waals surface area contributed by atoms with E-state index in [2.05, 4.69) is 0 Å². The van der Waals surface area contributed by atoms with Gasteiger partial charge < -0.3 is 10.6 Å². The van der Waals surface area contributed by atoms with Crippen LogP contribution in [0.5, 0.6) is 0 Å². The largest absolute Gasteiger partial charge is 0.471 e. The molecule has 0 spiro atoms. The third-order valence-electron chi connectivity index (χ3n) is 3.58. The third-order valence-corrected chi connectivity index (χ3v) is 3.58. The fraction of sp³-hybridized carbons (Fsp3) is 0.500. The molecule has 0 bridgehead atoms. The molecule has 1 heterocycles. The molecule has 1 aromatic rings. The predicted octanol–water partition coefficient (Wildman–Crippen LogP) is 2.91. The zero-order valence-electron chi connectivity index (χ0n) is 11.4. The van der Waals surface area contributed by atoms with Gasteiger partial charge in [-0.05, 0) is 35.6 Å². The summed E-state index contributed by atoms with van der Waals surface area (Å²) in [5, 5.41) is 0. The SMILES string of the molecule is CC(C)C1c2cc(N)ccc2CCN1C(=O)C(F)(F)F. The topological polar surface area (TPSA) is 46.3 Å². The molecule has 0 aromatic heterocycles. The third kappa shape index (κ3) is 2.59. The molecule has 2 N–H and O–H groups in total. The van der Waals surface area contributed by atoms with Gasteiger partial charge in [-0.2, -0.15) is 13.2 Å². The lowest BCUT2D eigenvalue weighted by Gasteiger charge is -2.40. The van der Waals surface area contributed by atoms with Crippen molar-refractivity contribution in [3.05, 3.63) is 29.3 Å². The number of nitrogen functional groups attached to an aromatic ring is 1. The van der Waals surface area contributed by atoms with Crippen molar-refractivity contribution >= 4 is 11.6 Å². The van der Waals surface area contributed by atoms with E-state index in [4.69, 9.17) is 5.73 Å². The lowest BCUT2D eigenvalue weighted by molar-refractivity contribution is -0.189. The average Bonchev–Trinajstić information content (AvgIpc) is 2.34. The smallest absolute Gasteiger partial charge is 0.399 e. The van der Waals surface area contributed by atoms with Gasteiger partial charge in [0, 0.05) is 12.2 Å². The van der Waals surface area contributed by atoms with Gasteiger partial charge in [-0.1, -0.05) is 19.9 Å². The van der Waals surface area contributed by atoms with Crippen molar-refractivity contribution in [1.82, 2.24) is 4.90 Å². The lowest BCUT2D eigenvalue weighted by Crippen LogP contribution is -2.48. The van der Waals surface area contributed by atoms with Gasteiger partial charge >= 0.3 is 12.1 Å². The first kappa shape index (κ1) is 14.7. The Morgan fingerprint density at radius 2 is 2.05 bits per heavy atom. The van der Waals surface area contributed by atoms with E-state index in [9.17, 15) is 18.0 Å². The first-order chi connectivity index (χ1) is 9.21. The van der Waals surface area contributed by atoms with Crippen LogP contribution in [0.2, 0.25) is 0 Å². The van der Waals surface area contributed by atoms with E-state index in [-0.39, 0.29) is 12.5 Å². The molecule has 2 rings (SSSR count). The Morgan fingerprint density at radius 1 is 1.40 bits per heavy atom. The summed E-state index contributed by atoms with van der Waals surface area (Å²) in [4.78, 5) is 12.5. The number of hydrogen-bond donors (Lipinski definition) is 1. The van der Waals surface area contributed by atoms with Crippen molar-refractivity contribution in [3.63, 3.8) is 0 Å². The minimum absolute atomic E-state index is 0.0815. The fourth-order valence-electron chi connectivity index (χ4n) is 2.77. The average molecular weight is 286 g/mol. The monoisotopic (exact) mass is 286 g/mol. The van der Waals surface area contributed by atoms with E-state index in [1.54, 1.807) is 26.0 Å². The quantitative estimate of drug-likeness (QED) is 0.807. The Hall–Kier alpha value is -1.72. The molecule has 1 atom stereocenters. The zero-order valence-corrected chi connectivity index (χ0v) is 11.4. The standard InChI is InChI=1S/C14H17F3N2O/c1-8(2)12-11-7-10(18)4-3-9(11)5-6-19(12)13(20)14(15,16)17/h3-4,7-8,12H,5-6,18H2,1-2H3. The van der Waals surface area contributed by atoms with Gasteiger partial charge in [0.25, 0.3) is 0 Å². The van der Waals surface area contributed by atoms with Crippen LogP contribution < -0.4 is 5.73 Å². The number of carbonyl (C=O) groups is 1. The number of anilines is 1. The van der Waals surface area contributed by atoms with Gasteiger partial charge in [-0.25, -0.2) is 0 Å². The molecule has 0 aliphatic carbocycles. The Morgan fingerprint density at radius 3 is 2.60 bits per heavy atom. The summed E-state index contributed by atoms with van der Waals surface area (Å²) >= 11 is 0. The maximum absolute atomic E-state index is 12.7. The number of rotatable bonds is 1. The van der Waals surface area contributed by atoms with Gasteiger partial charge in [-0.15, -0.1) is 0 Å². The molecule has 0 saturated carbocycles. The van der Waals surface area contributed by atoms with Gasteiger partial charge in [0.2, 0.25) is 0 Å². The van der Waals surface area contributed by atoms with E-state index < -0.39 is 18.1 Å². The van der Waals surface area contributed by atoms with Crippen molar-refractivity contribution < 1.29 is 18.0 Å². The summed E-state index contributed by atoms with van der Waals surface area (Å²) in [6, 6.07) is 4.65. The van der Waals surface area contributed by atoms with Gasteiger partial charge in [-0.3, -0.25) is 4.79 Å². The number of alkyl halides is 3. The van der Waals surface area contributed by atoms with E-state index in [1.807, 2.05) is 6.07 Å². The van der Waals surface area contributed by atoms with Crippen molar-refractivity contribution in [1.29, 1.82) is 0 Å². The molecule has 1 amide bonds. The number of amides is 1. The van der Waals surface area contributed by atoms with E-state index in [1.165, 1.54) is 0 Å². The second-order valence-electron chi connectivity index (χ2n) is 5.39. The molecule has 1 aromatic carbocycles. The normalized spacial score (nSPS) is 19.1. The summed E-state index contributed by atoms with van der Waals surface area (Å²) in [5.74, 6) is -1.90. The summed E-state index contributed by atoms with van der Waals surface area (Å²) in [7, 11) is 0. The van der Waals surface area contributed by atoms with Gasteiger partial charge in [0.1, 0.15) is 0 Å². The summed E-state index contributed by atoms with van der Waals surface area (Å²) in [6.45, 7) is 3.69. The maximum Gasteiger partial charge on any atom is 0.471 e. The van der Waals surface area contributed by atoms with Crippen LogP contribution in [0.3, 0.4) is 0 Å². The highest BCUT2D eigenvalue weighted by molar-refractivity contribution is 5.82. The number of halogens is 3. The predicted molar refractivity (Wildman–Crippen MR) is 69.9 cm³/mol. The number of hydrogen-bond acceptors (Lipinski definition) is 2. The Balaban J connectivity index is 2.45. The second-order valence-corrected chi connectivity index (χ2v) is 5.39. The second kappa shape index (κ2) is 5.00. The number of carbonyl (C=O) groups excluding carboxylic acids is 1. The summed E-state index contributed by atoms with van der Waals surface area (Å²) in [6.07, 6.45) is -4.42. The van der Waals surface area contributed by atoms with Crippen LogP contribution in [0, 0.1) is 5.92 Å². The first-order valence-electron chi connectivity index (χ1n) is 6.48. The number of benzene rings is 1. The van der Waals surface area contributed by atoms with Crippen LogP contribution in [-0.4, -0.2) is 23.5 Å². The maximum atomic E-state index is 12.7.